The molecular formula is C12H17NO5S. The van der Waals surface area contributed by atoms with Gasteiger partial charge in [-0.15, -0.1) is 0 Å². The number of carbonyl (C=O) groups is 2. The first kappa shape index (κ1) is 14.2. The predicted octanol–water partition coefficient (Wildman–Crippen LogP) is 2.26. The second-order valence-electron chi connectivity index (χ2n) is 4.84. The van der Waals surface area contributed by atoms with Crippen LogP contribution in [0, 0.1) is 5.92 Å². The number of ether oxygens (including phenoxy) is 1. The van der Waals surface area contributed by atoms with E-state index in [9.17, 15) is 9.59 Å². The SMILES string of the molecule is C=C(OO)OC1CCC(CC2SC(=O)NC2=O)CC1. The van der Waals surface area contributed by atoms with E-state index in [4.69, 9.17) is 9.99 Å². The Kier molecular flexibility index (Phi) is 4.71. The molecule has 2 fully saturated rings. The van der Waals surface area contributed by atoms with Gasteiger partial charge in [0.15, 0.2) is 0 Å². The summed E-state index contributed by atoms with van der Waals surface area (Å²) in [5, 5.41) is 10.2. The summed E-state index contributed by atoms with van der Waals surface area (Å²) >= 11 is 1.08. The summed E-state index contributed by atoms with van der Waals surface area (Å²) in [7, 11) is 0. The standard InChI is InChI=1S/C12H17NO5S/c1-7(18-16)17-9-4-2-8(3-5-9)6-10-11(14)13-12(15)19-10/h8-10,16H,1-6H2,(H,13,14,15). The summed E-state index contributed by atoms with van der Waals surface area (Å²) in [4.78, 5) is 26.5. The van der Waals surface area contributed by atoms with Crippen LogP contribution in [0.4, 0.5) is 4.79 Å². The number of nitrogens with one attached hydrogen (secondary N) is 1. The second-order valence-corrected chi connectivity index (χ2v) is 6.02. The molecule has 6 nitrogen and oxygen atoms in total. The Labute approximate surface area is 115 Å². The van der Waals surface area contributed by atoms with Crippen molar-refractivity contribution < 1.29 is 24.5 Å². The number of hydrogen-bond acceptors (Lipinski definition) is 6. The van der Waals surface area contributed by atoms with Crippen molar-refractivity contribution in [3.05, 3.63) is 12.5 Å². The lowest BCUT2D eigenvalue weighted by Crippen LogP contribution is -2.28. The van der Waals surface area contributed by atoms with Gasteiger partial charge in [-0.2, -0.15) is 5.26 Å². The summed E-state index contributed by atoms with van der Waals surface area (Å²) < 4.78 is 5.29. The molecule has 0 bridgehead atoms. The Bertz CT molecular complexity index is 378. The van der Waals surface area contributed by atoms with Crippen LogP contribution in [0.25, 0.3) is 0 Å². The lowest BCUT2D eigenvalue weighted by molar-refractivity contribution is -0.251. The molecule has 1 heterocycles. The lowest BCUT2D eigenvalue weighted by atomic mass is 9.84. The summed E-state index contributed by atoms with van der Waals surface area (Å²) in [5.74, 6) is 0.174. The molecule has 2 rings (SSSR count). The van der Waals surface area contributed by atoms with Gasteiger partial charge in [0.05, 0.1) is 5.25 Å². The Morgan fingerprint density at radius 1 is 1.37 bits per heavy atom. The van der Waals surface area contributed by atoms with Crippen molar-refractivity contribution in [2.75, 3.05) is 0 Å². The van der Waals surface area contributed by atoms with Crippen LogP contribution >= 0.6 is 11.8 Å². The van der Waals surface area contributed by atoms with E-state index >= 15 is 0 Å². The fraction of sp³-hybridized carbons (Fsp3) is 0.667. The van der Waals surface area contributed by atoms with Gasteiger partial charge in [-0.05, 0) is 44.6 Å². The third-order valence-corrected chi connectivity index (χ3v) is 4.52. The average molecular weight is 287 g/mol. The molecular weight excluding hydrogens is 270 g/mol. The van der Waals surface area contributed by atoms with E-state index in [2.05, 4.69) is 16.8 Å². The Morgan fingerprint density at radius 2 is 2.05 bits per heavy atom. The maximum absolute atomic E-state index is 11.5. The molecule has 19 heavy (non-hydrogen) atoms. The van der Waals surface area contributed by atoms with E-state index in [1.54, 1.807) is 0 Å². The van der Waals surface area contributed by atoms with Crippen molar-refractivity contribution in [3.8, 4) is 0 Å². The monoisotopic (exact) mass is 287 g/mol. The molecule has 1 unspecified atom stereocenters. The Morgan fingerprint density at radius 3 is 2.58 bits per heavy atom. The molecule has 0 spiro atoms. The highest BCUT2D eigenvalue weighted by Gasteiger charge is 2.34. The first-order chi connectivity index (χ1) is 9.08. The normalized spacial score (nSPS) is 30.9. The topological polar surface area (TPSA) is 84.9 Å². The van der Waals surface area contributed by atoms with Crippen LogP contribution in [0.5, 0.6) is 0 Å². The minimum absolute atomic E-state index is 0.00240. The molecule has 1 saturated carbocycles. The van der Waals surface area contributed by atoms with Crippen LogP contribution in [0.2, 0.25) is 0 Å². The van der Waals surface area contributed by atoms with Crippen LogP contribution in [-0.2, 0) is 14.4 Å². The summed E-state index contributed by atoms with van der Waals surface area (Å²) in [6.07, 6.45) is 4.26. The van der Waals surface area contributed by atoms with E-state index in [0.717, 1.165) is 43.9 Å². The van der Waals surface area contributed by atoms with Crippen molar-refractivity contribution >= 4 is 22.9 Å². The number of rotatable bonds is 5. The van der Waals surface area contributed by atoms with E-state index in [-0.39, 0.29) is 28.4 Å². The first-order valence-corrected chi connectivity index (χ1v) is 7.15. The third-order valence-electron chi connectivity index (χ3n) is 3.51. The Balaban J connectivity index is 1.73. The van der Waals surface area contributed by atoms with Gasteiger partial charge in [0.2, 0.25) is 5.91 Å². The van der Waals surface area contributed by atoms with Gasteiger partial charge in [-0.3, -0.25) is 14.9 Å². The molecule has 2 aliphatic rings. The fourth-order valence-electron chi connectivity index (χ4n) is 2.54. The minimum atomic E-state index is -0.247. The molecule has 1 aliphatic carbocycles. The van der Waals surface area contributed by atoms with E-state index in [1.807, 2.05) is 0 Å². The molecule has 2 amide bonds. The molecule has 7 heteroatoms. The van der Waals surface area contributed by atoms with Gasteiger partial charge in [0.1, 0.15) is 6.10 Å². The van der Waals surface area contributed by atoms with Crippen molar-refractivity contribution in [1.82, 2.24) is 5.32 Å². The van der Waals surface area contributed by atoms with Gasteiger partial charge < -0.3 is 9.62 Å². The second kappa shape index (κ2) is 6.29. The van der Waals surface area contributed by atoms with Crippen LogP contribution in [0.15, 0.2) is 12.5 Å². The molecule has 1 saturated heterocycles. The maximum Gasteiger partial charge on any atom is 0.309 e. The van der Waals surface area contributed by atoms with Gasteiger partial charge in [0, 0.05) is 0 Å². The number of imide groups is 1. The molecule has 1 aliphatic heterocycles. The van der Waals surface area contributed by atoms with Crippen LogP contribution in [0.3, 0.4) is 0 Å². The molecule has 106 valence electrons. The van der Waals surface area contributed by atoms with Gasteiger partial charge in [-0.1, -0.05) is 11.8 Å². The van der Waals surface area contributed by atoms with Crippen molar-refractivity contribution in [1.29, 1.82) is 0 Å². The van der Waals surface area contributed by atoms with Gasteiger partial charge >= 0.3 is 5.95 Å². The zero-order chi connectivity index (χ0) is 13.8. The zero-order valence-electron chi connectivity index (χ0n) is 10.5. The van der Waals surface area contributed by atoms with Crippen LogP contribution in [0.1, 0.15) is 32.1 Å². The molecule has 0 aromatic heterocycles. The summed E-state index contributed by atoms with van der Waals surface area (Å²) in [6, 6.07) is 0. The van der Waals surface area contributed by atoms with E-state index in [1.165, 1.54) is 0 Å². The first-order valence-electron chi connectivity index (χ1n) is 6.27. The maximum atomic E-state index is 11.5. The average Bonchev–Trinajstić information content (AvgIpc) is 2.70. The number of thioether (sulfide) groups is 1. The molecule has 1 atom stereocenters. The van der Waals surface area contributed by atoms with Crippen molar-refractivity contribution in [2.24, 2.45) is 5.92 Å². The minimum Gasteiger partial charge on any atom is -0.460 e. The molecule has 0 aromatic rings. The van der Waals surface area contributed by atoms with Crippen LogP contribution < -0.4 is 5.32 Å². The van der Waals surface area contributed by atoms with Gasteiger partial charge in [-0.25, -0.2) is 0 Å². The largest absolute Gasteiger partial charge is 0.460 e. The summed E-state index contributed by atoms with van der Waals surface area (Å²) in [6.45, 7) is 3.40. The predicted molar refractivity (Wildman–Crippen MR) is 69.2 cm³/mol. The highest BCUT2D eigenvalue weighted by Crippen LogP contribution is 2.34. The lowest BCUT2D eigenvalue weighted by Gasteiger charge is -2.29. The highest BCUT2D eigenvalue weighted by molar-refractivity contribution is 8.15. The smallest absolute Gasteiger partial charge is 0.309 e. The molecule has 0 aromatic carbocycles. The third kappa shape index (κ3) is 3.87. The van der Waals surface area contributed by atoms with E-state index in [0.29, 0.717) is 5.92 Å². The number of carbonyl (C=O) groups excluding carboxylic acids is 2. The number of hydrogen-bond donors (Lipinski definition) is 2. The number of amides is 2. The molecule has 0 radical (unpaired) electrons. The van der Waals surface area contributed by atoms with Gasteiger partial charge in [0.25, 0.3) is 5.24 Å². The quantitative estimate of drug-likeness (QED) is 0.458. The fourth-order valence-corrected chi connectivity index (χ4v) is 3.50. The summed E-state index contributed by atoms with van der Waals surface area (Å²) in [5.41, 5.74) is 0. The zero-order valence-corrected chi connectivity index (χ0v) is 11.3. The molecule has 2 N–H and O–H groups in total. The van der Waals surface area contributed by atoms with Crippen LogP contribution in [-0.4, -0.2) is 27.8 Å². The van der Waals surface area contributed by atoms with E-state index < -0.39 is 0 Å². The van der Waals surface area contributed by atoms with Crippen molar-refractivity contribution in [3.63, 3.8) is 0 Å². The van der Waals surface area contributed by atoms with Crippen molar-refractivity contribution in [2.45, 2.75) is 43.5 Å². The highest BCUT2D eigenvalue weighted by atomic mass is 32.2. The Hall–Kier alpha value is -1.21.